The largest absolute Gasteiger partial charge is 0.346 e. The third-order valence-electron chi connectivity index (χ3n) is 5.81. The van der Waals surface area contributed by atoms with Crippen molar-refractivity contribution in [3.63, 3.8) is 0 Å². The summed E-state index contributed by atoms with van der Waals surface area (Å²) in [5.74, 6) is -1.48. The Labute approximate surface area is 187 Å². The lowest BCUT2D eigenvalue weighted by atomic mass is 9.96. The van der Waals surface area contributed by atoms with Gasteiger partial charge in [0.1, 0.15) is 0 Å². The first kappa shape index (κ1) is 29.2. The molecule has 0 aliphatic carbocycles. The molecule has 0 saturated carbocycles. The molecule has 0 bridgehead atoms. The maximum Gasteiger partial charge on any atom is 0.180 e. The van der Waals surface area contributed by atoms with E-state index in [-0.39, 0.29) is 34.7 Å². The van der Waals surface area contributed by atoms with Crippen LogP contribution in [0.1, 0.15) is 95.9 Å². The molecule has 0 rings (SSSR count). The van der Waals surface area contributed by atoms with Crippen LogP contribution in [0.25, 0.3) is 0 Å². The quantitative estimate of drug-likeness (QED) is 0.326. The second-order valence-electron chi connectivity index (χ2n) is 10.1. The highest BCUT2D eigenvalue weighted by Crippen LogP contribution is 2.38. The molecule has 0 aromatic carbocycles. The molecule has 29 heavy (non-hydrogen) atoms. The van der Waals surface area contributed by atoms with E-state index in [2.05, 4.69) is 88.4 Å². The molecule has 176 valence electrons. The Hall–Kier alpha value is 0.234. The predicted octanol–water partition coefficient (Wildman–Crippen LogP) is 2.65. The van der Waals surface area contributed by atoms with Gasteiger partial charge in [-0.25, -0.2) is 0 Å². The first-order chi connectivity index (χ1) is 13.0. The number of rotatable bonds is 14. The molecule has 5 nitrogen and oxygen atoms in total. The Morgan fingerprint density at radius 1 is 0.586 bits per heavy atom. The minimum atomic E-state index is -0.738. The fourth-order valence-electron chi connectivity index (χ4n) is 4.03. The van der Waals surface area contributed by atoms with Gasteiger partial charge in [-0.05, 0) is 82.1 Å². The van der Waals surface area contributed by atoms with Gasteiger partial charge in [-0.15, -0.1) is 0 Å². The fourth-order valence-corrected chi connectivity index (χ4v) is 6.10. The summed E-state index contributed by atoms with van der Waals surface area (Å²) in [6.07, 6.45) is 2.06. The highest BCUT2D eigenvalue weighted by atomic mass is 28.2. The van der Waals surface area contributed by atoms with Gasteiger partial charge < -0.3 is 24.3 Å². The Morgan fingerprint density at radius 2 is 0.793 bits per heavy atom. The van der Waals surface area contributed by atoms with E-state index in [1.165, 1.54) is 0 Å². The van der Waals surface area contributed by atoms with Gasteiger partial charge in [0.15, 0.2) is 11.6 Å². The third-order valence-corrected chi connectivity index (χ3v) is 9.54. The number of ether oxygens (including phenoxy) is 4. The zero-order chi connectivity index (χ0) is 23.3. The van der Waals surface area contributed by atoms with E-state index in [0.717, 1.165) is 33.3 Å². The molecule has 2 unspecified atom stereocenters. The van der Waals surface area contributed by atoms with E-state index in [9.17, 15) is 0 Å². The maximum absolute atomic E-state index is 6.45. The first-order valence-electron chi connectivity index (χ1n) is 11.5. The summed E-state index contributed by atoms with van der Waals surface area (Å²) in [6.45, 7) is 25.2. The van der Waals surface area contributed by atoms with Crippen LogP contribution in [0, 0.1) is 0 Å². The second kappa shape index (κ2) is 11.2. The third kappa shape index (κ3) is 7.70. The summed E-state index contributed by atoms with van der Waals surface area (Å²) < 4.78 is 25.8. The average molecular weight is 450 g/mol. The van der Waals surface area contributed by atoms with E-state index in [1.807, 2.05) is 0 Å². The summed E-state index contributed by atoms with van der Waals surface area (Å²) in [4.78, 5) is 0. The maximum atomic E-state index is 6.45. The van der Waals surface area contributed by atoms with Crippen molar-refractivity contribution in [1.82, 2.24) is 5.32 Å². The molecule has 0 amide bonds. The van der Waals surface area contributed by atoms with Crippen LogP contribution in [-0.2, 0) is 18.9 Å². The van der Waals surface area contributed by atoms with Gasteiger partial charge in [0.05, 0.1) is 34.7 Å². The molecule has 0 radical (unpaired) electrons. The van der Waals surface area contributed by atoms with Crippen molar-refractivity contribution in [1.29, 1.82) is 0 Å². The van der Waals surface area contributed by atoms with E-state index < -0.39 is 11.6 Å². The van der Waals surface area contributed by atoms with Crippen LogP contribution in [0.4, 0.5) is 0 Å². The molecule has 0 aliphatic heterocycles. The predicted molar refractivity (Wildman–Crippen MR) is 131 cm³/mol. The lowest BCUT2D eigenvalue weighted by Gasteiger charge is -2.56. The lowest BCUT2D eigenvalue weighted by molar-refractivity contribution is -0.305. The van der Waals surface area contributed by atoms with Crippen LogP contribution in [0.15, 0.2) is 0 Å². The van der Waals surface area contributed by atoms with Gasteiger partial charge in [0, 0.05) is 20.5 Å². The molecule has 0 heterocycles. The van der Waals surface area contributed by atoms with Crippen LogP contribution in [0.5, 0.6) is 0 Å². The average Bonchev–Trinajstić information content (AvgIpc) is 2.50. The molecule has 0 aromatic heterocycles. The van der Waals surface area contributed by atoms with Gasteiger partial charge in [0.2, 0.25) is 0 Å². The molecular formula is C22H51NO4Si2. The molecule has 0 spiro atoms. The van der Waals surface area contributed by atoms with Crippen LogP contribution in [0.3, 0.4) is 0 Å². The Bertz CT molecular complexity index is 425. The normalized spacial score (nSPS) is 18.2. The van der Waals surface area contributed by atoms with Crippen molar-refractivity contribution >= 4 is 20.5 Å². The molecule has 7 heteroatoms. The van der Waals surface area contributed by atoms with Gasteiger partial charge in [-0.3, -0.25) is 0 Å². The van der Waals surface area contributed by atoms with Crippen LogP contribution in [0.2, 0.25) is 0 Å². The van der Waals surface area contributed by atoms with Gasteiger partial charge in [-0.1, -0.05) is 13.8 Å². The van der Waals surface area contributed by atoms with E-state index in [1.54, 1.807) is 0 Å². The highest BCUT2D eigenvalue weighted by Gasteiger charge is 2.55. The van der Waals surface area contributed by atoms with Gasteiger partial charge >= 0.3 is 0 Å². The van der Waals surface area contributed by atoms with Gasteiger partial charge in [-0.2, -0.15) is 0 Å². The Balaban J connectivity index is 6.30. The van der Waals surface area contributed by atoms with E-state index in [4.69, 9.17) is 18.9 Å². The minimum Gasteiger partial charge on any atom is -0.346 e. The zero-order valence-corrected chi connectivity index (χ0v) is 25.9. The van der Waals surface area contributed by atoms with Crippen molar-refractivity contribution < 1.29 is 18.9 Å². The van der Waals surface area contributed by atoms with E-state index in [0.29, 0.717) is 0 Å². The molecule has 0 fully saturated rings. The second-order valence-corrected chi connectivity index (χ2v) is 13.5. The summed E-state index contributed by atoms with van der Waals surface area (Å²) >= 11 is 0. The standard InChI is InChI=1S/C22H51NO4Si2/c1-13-21(28,19(11,24-15(3)4)25-16(5)6)23-22(29,14-2)20(12,26-17(7)8)27-18(9)10/h15-18,23H,13-14H2,1-12,28-29H3. The summed E-state index contributed by atoms with van der Waals surface area (Å²) in [5, 5.41) is 3.42. The van der Waals surface area contributed by atoms with Crippen LogP contribution in [-0.4, -0.2) is 66.8 Å². The van der Waals surface area contributed by atoms with Crippen molar-refractivity contribution in [2.24, 2.45) is 0 Å². The van der Waals surface area contributed by atoms with Crippen molar-refractivity contribution in [3.05, 3.63) is 0 Å². The zero-order valence-electron chi connectivity index (χ0n) is 21.9. The smallest absolute Gasteiger partial charge is 0.180 e. The first-order valence-corrected chi connectivity index (χ1v) is 13.5. The molecule has 1 N–H and O–H groups in total. The van der Waals surface area contributed by atoms with Gasteiger partial charge in [0.25, 0.3) is 0 Å². The topological polar surface area (TPSA) is 49.0 Å². The van der Waals surface area contributed by atoms with Crippen molar-refractivity contribution in [2.45, 2.75) is 142 Å². The molecule has 0 saturated heterocycles. The van der Waals surface area contributed by atoms with Crippen LogP contribution >= 0.6 is 0 Å². The summed E-state index contributed by atoms with van der Waals surface area (Å²) in [7, 11) is 1.71. The SMILES string of the molecule is CCC([SiH3])(NC([SiH3])(CC)C(C)(OC(C)C)OC(C)C)C(C)(OC(C)C)OC(C)C. The van der Waals surface area contributed by atoms with Crippen molar-refractivity contribution in [3.8, 4) is 0 Å². The number of hydrogen-bond donors (Lipinski definition) is 1. The molecular weight excluding hydrogens is 398 g/mol. The number of nitrogens with one attached hydrogen (secondary N) is 1. The summed E-state index contributed by atoms with van der Waals surface area (Å²) in [5.41, 5.74) is 0. The lowest BCUT2D eigenvalue weighted by Crippen LogP contribution is -2.76. The monoisotopic (exact) mass is 449 g/mol. The number of hydrogen-bond acceptors (Lipinski definition) is 5. The molecule has 2 atom stereocenters. The van der Waals surface area contributed by atoms with Crippen molar-refractivity contribution in [2.75, 3.05) is 0 Å². The minimum absolute atomic E-state index is 0.0655. The Morgan fingerprint density at radius 3 is 0.931 bits per heavy atom. The van der Waals surface area contributed by atoms with E-state index >= 15 is 0 Å². The summed E-state index contributed by atoms with van der Waals surface area (Å²) in [6, 6.07) is 0. The fraction of sp³-hybridized carbons (Fsp3) is 1.00. The molecule has 0 aromatic rings. The molecule has 0 aliphatic rings. The Kier molecular flexibility index (Phi) is 11.3. The van der Waals surface area contributed by atoms with Crippen LogP contribution < -0.4 is 5.32 Å². The highest BCUT2D eigenvalue weighted by molar-refractivity contribution is 6.19.